The zero-order valence-electron chi connectivity index (χ0n) is 19.6. The fourth-order valence-electron chi connectivity index (χ4n) is 4.72. The Balaban J connectivity index is 1.68. The van der Waals surface area contributed by atoms with Gasteiger partial charge >= 0.3 is 0 Å². The van der Waals surface area contributed by atoms with Crippen molar-refractivity contribution < 1.29 is 18.9 Å². The summed E-state index contributed by atoms with van der Waals surface area (Å²) in [4.78, 5) is 0. The van der Waals surface area contributed by atoms with Gasteiger partial charge in [0.05, 0.1) is 26.9 Å². The molecule has 0 spiro atoms. The van der Waals surface area contributed by atoms with Crippen LogP contribution in [0, 0.1) is 5.92 Å². The number of rotatable bonds is 10. The molecule has 5 heteroatoms. The standard InChI is InChI=1S/C26H37NO4/c1-26(2)17-20(13-15-31-26)21(22-8-6-7-9-23(22)28-3)12-14-27-18-19-10-11-24(29-4)25(16-19)30-5/h6-11,16,20-21,27H,12-15,17-18H2,1-5H3/t20-,21-/m0/s1. The van der Waals surface area contributed by atoms with Crippen molar-refractivity contribution in [3.05, 3.63) is 53.6 Å². The predicted octanol–water partition coefficient (Wildman–Crippen LogP) is 5.18. The molecule has 0 radical (unpaired) electrons. The van der Waals surface area contributed by atoms with E-state index in [4.69, 9.17) is 18.9 Å². The number of hydrogen-bond donors (Lipinski definition) is 1. The summed E-state index contributed by atoms with van der Waals surface area (Å²) < 4.78 is 22.5. The Hall–Kier alpha value is -2.24. The summed E-state index contributed by atoms with van der Waals surface area (Å²) in [6.07, 6.45) is 3.20. The normalized spacial score (nSPS) is 18.9. The molecular formula is C26H37NO4. The van der Waals surface area contributed by atoms with E-state index in [2.05, 4.69) is 43.4 Å². The van der Waals surface area contributed by atoms with Gasteiger partial charge in [0, 0.05) is 13.2 Å². The molecule has 0 aliphatic carbocycles. The van der Waals surface area contributed by atoms with Crippen molar-refractivity contribution in [2.45, 2.75) is 51.2 Å². The van der Waals surface area contributed by atoms with E-state index in [-0.39, 0.29) is 5.60 Å². The molecule has 2 aromatic carbocycles. The molecule has 0 saturated carbocycles. The number of hydrogen-bond acceptors (Lipinski definition) is 5. The molecule has 0 amide bonds. The van der Waals surface area contributed by atoms with Gasteiger partial charge in [0.1, 0.15) is 5.75 Å². The maximum absolute atomic E-state index is 5.99. The van der Waals surface area contributed by atoms with Gasteiger partial charge in [0.25, 0.3) is 0 Å². The van der Waals surface area contributed by atoms with Crippen LogP contribution < -0.4 is 19.5 Å². The third-order valence-corrected chi connectivity index (χ3v) is 6.25. The van der Waals surface area contributed by atoms with Crippen molar-refractivity contribution in [3.8, 4) is 17.2 Å². The Morgan fingerprint density at radius 3 is 2.45 bits per heavy atom. The van der Waals surface area contributed by atoms with Gasteiger partial charge < -0.3 is 24.3 Å². The van der Waals surface area contributed by atoms with Crippen LogP contribution in [0.4, 0.5) is 0 Å². The van der Waals surface area contributed by atoms with Gasteiger partial charge in [-0.3, -0.25) is 0 Å². The first-order valence-electron chi connectivity index (χ1n) is 11.2. The van der Waals surface area contributed by atoms with Crippen LogP contribution in [-0.4, -0.2) is 40.1 Å². The Labute approximate surface area is 187 Å². The second kappa shape index (κ2) is 10.9. The first-order valence-corrected chi connectivity index (χ1v) is 11.2. The van der Waals surface area contributed by atoms with Crippen LogP contribution in [0.15, 0.2) is 42.5 Å². The lowest BCUT2D eigenvalue weighted by atomic mass is 9.75. The molecule has 31 heavy (non-hydrogen) atoms. The van der Waals surface area contributed by atoms with E-state index in [1.807, 2.05) is 18.2 Å². The summed E-state index contributed by atoms with van der Waals surface area (Å²) in [6, 6.07) is 14.5. The quantitative estimate of drug-likeness (QED) is 0.530. The number of ether oxygens (including phenoxy) is 4. The Morgan fingerprint density at radius 2 is 1.74 bits per heavy atom. The highest BCUT2D eigenvalue weighted by molar-refractivity contribution is 5.42. The molecule has 1 aliphatic heterocycles. The van der Waals surface area contributed by atoms with E-state index >= 15 is 0 Å². The van der Waals surface area contributed by atoms with E-state index in [0.29, 0.717) is 11.8 Å². The molecule has 170 valence electrons. The highest BCUT2D eigenvalue weighted by Crippen LogP contribution is 2.42. The average molecular weight is 428 g/mol. The number of nitrogens with one attached hydrogen (secondary N) is 1. The third kappa shape index (κ3) is 6.14. The van der Waals surface area contributed by atoms with Crippen molar-refractivity contribution in [3.63, 3.8) is 0 Å². The topological polar surface area (TPSA) is 49.0 Å². The third-order valence-electron chi connectivity index (χ3n) is 6.25. The monoisotopic (exact) mass is 427 g/mol. The summed E-state index contributed by atoms with van der Waals surface area (Å²) in [5.41, 5.74) is 2.41. The maximum atomic E-state index is 5.99. The van der Waals surface area contributed by atoms with E-state index in [0.717, 1.165) is 56.2 Å². The van der Waals surface area contributed by atoms with Gasteiger partial charge in [-0.05, 0) is 80.8 Å². The molecule has 0 unspecified atom stereocenters. The highest BCUT2D eigenvalue weighted by atomic mass is 16.5. The minimum Gasteiger partial charge on any atom is -0.496 e. The van der Waals surface area contributed by atoms with Crippen molar-refractivity contribution >= 4 is 0 Å². The van der Waals surface area contributed by atoms with Crippen molar-refractivity contribution in [2.24, 2.45) is 5.92 Å². The van der Waals surface area contributed by atoms with Gasteiger partial charge in [-0.25, -0.2) is 0 Å². The first-order chi connectivity index (χ1) is 15.0. The summed E-state index contributed by atoms with van der Waals surface area (Å²) in [7, 11) is 5.09. The first kappa shape index (κ1) is 23.4. The molecule has 5 nitrogen and oxygen atoms in total. The van der Waals surface area contributed by atoms with Gasteiger partial charge in [0.15, 0.2) is 11.5 Å². The van der Waals surface area contributed by atoms with Gasteiger partial charge in [-0.1, -0.05) is 24.3 Å². The minimum absolute atomic E-state index is 0.0732. The molecule has 1 fully saturated rings. The van der Waals surface area contributed by atoms with E-state index < -0.39 is 0 Å². The Kier molecular flexibility index (Phi) is 8.22. The van der Waals surface area contributed by atoms with Crippen LogP contribution in [0.1, 0.15) is 50.2 Å². The molecule has 1 N–H and O–H groups in total. The summed E-state index contributed by atoms with van der Waals surface area (Å²) >= 11 is 0. The Bertz CT molecular complexity index is 836. The van der Waals surface area contributed by atoms with Crippen molar-refractivity contribution in [1.82, 2.24) is 5.32 Å². The molecule has 3 rings (SSSR count). The van der Waals surface area contributed by atoms with Crippen LogP contribution in [0.5, 0.6) is 17.2 Å². The number of para-hydroxylation sites is 1. The summed E-state index contributed by atoms with van der Waals surface area (Å²) in [6.45, 7) is 6.94. The maximum Gasteiger partial charge on any atom is 0.161 e. The zero-order valence-corrected chi connectivity index (χ0v) is 19.6. The van der Waals surface area contributed by atoms with E-state index in [1.54, 1.807) is 21.3 Å². The summed E-state index contributed by atoms with van der Waals surface area (Å²) in [5, 5.41) is 3.62. The smallest absolute Gasteiger partial charge is 0.161 e. The van der Waals surface area contributed by atoms with Crippen LogP contribution in [-0.2, 0) is 11.3 Å². The SMILES string of the molecule is COc1ccc(CNCC[C@H](c2ccccc2OC)[C@H]2CCOC(C)(C)C2)cc1OC. The minimum atomic E-state index is -0.0732. The average Bonchev–Trinajstić information content (AvgIpc) is 2.78. The Morgan fingerprint density at radius 1 is 1.00 bits per heavy atom. The molecule has 1 aliphatic rings. The molecule has 1 heterocycles. The van der Waals surface area contributed by atoms with Crippen LogP contribution in [0.2, 0.25) is 0 Å². The second-order valence-corrected chi connectivity index (χ2v) is 8.86. The molecule has 0 bridgehead atoms. The molecule has 2 atom stereocenters. The lowest BCUT2D eigenvalue weighted by Gasteiger charge is -2.40. The largest absolute Gasteiger partial charge is 0.496 e. The van der Waals surface area contributed by atoms with Crippen LogP contribution >= 0.6 is 0 Å². The van der Waals surface area contributed by atoms with Gasteiger partial charge in [-0.2, -0.15) is 0 Å². The highest BCUT2D eigenvalue weighted by Gasteiger charge is 2.34. The summed E-state index contributed by atoms with van der Waals surface area (Å²) in [5.74, 6) is 3.50. The molecule has 1 saturated heterocycles. The molecule has 2 aromatic rings. The fraction of sp³-hybridized carbons (Fsp3) is 0.538. The lowest BCUT2D eigenvalue weighted by Crippen LogP contribution is -2.37. The van der Waals surface area contributed by atoms with E-state index in [9.17, 15) is 0 Å². The molecular weight excluding hydrogens is 390 g/mol. The number of methoxy groups -OCH3 is 3. The zero-order chi connectivity index (χ0) is 22.3. The van der Waals surface area contributed by atoms with Crippen molar-refractivity contribution in [1.29, 1.82) is 0 Å². The number of benzene rings is 2. The fourth-order valence-corrected chi connectivity index (χ4v) is 4.72. The van der Waals surface area contributed by atoms with Crippen LogP contribution in [0.3, 0.4) is 0 Å². The van der Waals surface area contributed by atoms with Crippen LogP contribution in [0.25, 0.3) is 0 Å². The molecule has 0 aromatic heterocycles. The second-order valence-electron chi connectivity index (χ2n) is 8.86. The predicted molar refractivity (Wildman–Crippen MR) is 124 cm³/mol. The van der Waals surface area contributed by atoms with Gasteiger partial charge in [0.2, 0.25) is 0 Å². The lowest BCUT2D eigenvalue weighted by molar-refractivity contribution is -0.0772. The van der Waals surface area contributed by atoms with Gasteiger partial charge in [-0.15, -0.1) is 0 Å². The van der Waals surface area contributed by atoms with Crippen molar-refractivity contribution in [2.75, 3.05) is 34.5 Å². The van der Waals surface area contributed by atoms with E-state index in [1.165, 1.54) is 11.1 Å².